The van der Waals surface area contributed by atoms with Crippen LogP contribution in [-0.2, 0) is 13.6 Å². The standard InChI is InChI=1S/C15H9F24O3P/c1-40-43(41-2-6(20,21)10(28,29)14(36,37)12(32,33)8(24,25)4(16)17)42-3-7(22,23)11(30,31)15(38,39)13(34,35)9(26,27)5(18)19/h4-5H,2-3H2,1H3. The van der Waals surface area contributed by atoms with E-state index in [4.69, 9.17) is 0 Å². The lowest BCUT2D eigenvalue weighted by atomic mass is 9.95. The van der Waals surface area contributed by atoms with Crippen molar-refractivity contribution in [3.8, 4) is 0 Å². The molecule has 0 unspecified atom stereocenters. The van der Waals surface area contributed by atoms with Crippen LogP contribution in [-0.4, -0.2) is 92.4 Å². The van der Waals surface area contributed by atoms with E-state index in [9.17, 15) is 105 Å². The number of alkyl halides is 24. The summed E-state index contributed by atoms with van der Waals surface area (Å²) in [6, 6.07) is 0. The summed E-state index contributed by atoms with van der Waals surface area (Å²) in [7, 11) is -4.55. The Morgan fingerprint density at radius 3 is 0.837 bits per heavy atom. The molecule has 28 heteroatoms. The first kappa shape index (κ1) is 41.6. The van der Waals surface area contributed by atoms with Gasteiger partial charge in [-0.05, 0) is 0 Å². The van der Waals surface area contributed by atoms with Crippen molar-refractivity contribution >= 4 is 8.60 Å². The van der Waals surface area contributed by atoms with Crippen molar-refractivity contribution in [2.24, 2.45) is 0 Å². The number of halogens is 24. The van der Waals surface area contributed by atoms with Crippen molar-refractivity contribution in [1.29, 1.82) is 0 Å². The minimum atomic E-state index is -8.12. The minimum absolute atomic E-state index is 0.0455. The predicted molar refractivity (Wildman–Crippen MR) is 87.3 cm³/mol. The van der Waals surface area contributed by atoms with Gasteiger partial charge in [0.2, 0.25) is 0 Å². The van der Waals surface area contributed by atoms with Gasteiger partial charge in [0.15, 0.2) is 0 Å². The molecular formula is C15H9F24O3P. The summed E-state index contributed by atoms with van der Waals surface area (Å²) in [6.45, 7) is -7.27. The molecule has 0 aromatic carbocycles. The Labute approximate surface area is 221 Å². The summed E-state index contributed by atoms with van der Waals surface area (Å²) in [4.78, 5) is 0. The molecule has 0 aliphatic heterocycles. The highest BCUT2D eigenvalue weighted by molar-refractivity contribution is 7.41. The van der Waals surface area contributed by atoms with E-state index in [-0.39, 0.29) is 7.11 Å². The maximum absolute atomic E-state index is 13.6. The Balaban J connectivity index is 6.04. The van der Waals surface area contributed by atoms with Gasteiger partial charge in [-0.15, -0.1) is 0 Å². The third-order valence-corrected chi connectivity index (χ3v) is 5.71. The molecule has 0 heterocycles. The lowest BCUT2D eigenvalue weighted by Gasteiger charge is -2.39. The minimum Gasteiger partial charge on any atom is -0.316 e. The second kappa shape index (κ2) is 12.1. The smallest absolute Gasteiger partial charge is 0.316 e. The quantitative estimate of drug-likeness (QED) is 0.111. The number of hydrogen-bond donors (Lipinski definition) is 0. The van der Waals surface area contributed by atoms with Crippen LogP contribution in [0.25, 0.3) is 0 Å². The van der Waals surface area contributed by atoms with Gasteiger partial charge in [0.25, 0.3) is 0 Å². The second-order valence-electron chi connectivity index (χ2n) is 7.66. The fraction of sp³-hybridized carbons (Fsp3) is 1.00. The largest absolute Gasteiger partial charge is 0.384 e. The Morgan fingerprint density at radius 2 is 0.651 bits per heavy atom. The first-order valence-electron chi connectivity index (χ1n) is 9.47. The highest BCUT2D eigenvalue weighted by Gasteiger charge is 2.89. The lowest BCUT2D eigenvalue weighted by molar-refractivity contribution is -0.415. The number of hydrogen-bond acceptors (Lipinski definition) is 3. The van der Waals surface area contributed by atoms with E-state index in [0.717, 1.165) is 0 Å². The fourth-order valence-electron chi connectivity index (χ4n) is 2.14. The lowest BCUT2D eigenvalue weighted by Crippen LogP contribution is -2.69. The molecule has 0 bridgehead atoms. The van der Waals surface area contributed by atoms with Crippen molar-refractivity contribution in [3.63, 3.8) is 0 Å². The van der Waals surface area contributed by atoms with Crippen molar-refractivity contribution in [2.45, 2.75) is 72.1 Å². The third kappa shape index (κ3) is 6.49. The highest BCUT2D eigenvalue weighted by Crippen LogP contribution is 2.60. The molecule has 0 aliphatic rings. The molecule has 0 aromatic heterocycles. The molecule has 0 aliphatic carbocycles. The molecule has 0 fully saturated rings. The van der Waals surface area contributed by atoms with Crippen LogP contribution in [0.1, 0.15) is 0 Å². The first-order valence-corrected chi connectivity index (χ1v) is 10.6. The SMILES string of the molecule is COP(OCC(F)(F)C(F)(F)C(F)(F)C(F)(F)C(F)(F)C(F)F)OCC(F)(F)C(F)(F)C(F)(F)C(F)(F)C(F)(F)C(F)F. The zero-order chi connectivity index (χ0) is 35.3. The van der Waals surface area contributed by atoms with Crippen molar-refractivity contribution in [3.05, 3.63) is 0 Å². The van der Waals surface area contributed by atoms with E-state index in [1.807, 2.05) is 0 Å². The predicted octanol–water partition coefficient (Wildman–Crippen LogP) is 8.78. The van der Waals surface area contributed by atoms with Crippen LogP contribution in [0.4, 0.5) is 105 Å². The van der Waals surface area contributed by atoms with Gasteiger partial charge in [0, 0.05) is 7.11 Å². The van der Waals surface area contributed by atoms with Crippen LogP contribution in [0.15, 0.2) is 0 Å². The van der Waals surface area contributed by atoms with E-state index in [1.54, 1.807) is 0 Å². The number of rotatable bonds is 17. The van der Waals surface area contributed by atoms with E-state index in [1.165, 1.54) is 0 Å². The molecule has 0 aromatic rings. The average Bonchev–Trinajstić information content (AvgIpc) is 2.82. The molecule has 0 spiro atoms. The summed E-state index contributed by atoms with van der Waals surface area (Å²) < 4.78 is 324. The fourth-order valence-corrected chi connectivity index (χ4v) is 2.96. The zero-order valence-electron chi connectivity index (χ0n) is 19.3. The van der Waals surface area contributed by atoms with Crippen LogP contribution in [0.2, 0.25) is 0 Å². The monoisotopic (exact) mass is 724 g/mol. The summed E-state index contributed by atoms with van der Waals surface area (Å²) >= 11 is 0. The summed E-state index contributed by atoms with van der Waals surface area (Å²) in [5.74, 6) is -76.7. The van der Waals surface area contributed by atoms with Gasteiger partial charge in [-0.1, -0.05) is 0 Å². The summed E-state index contributed by atoms with van der Waals surface area (Å²) in [5, 5.41) is 0. The van der Waals surface area contributed by atoms with Crippen LogP contribution < -0.4 is 0 Å². The van der Waals surface area contributed by atoms with E-state index in [2.05, 4.69) is 13.6 Å². The van der Waals surface area contributed by atoms with Crippen molar-refractivity contribution < 1.29 is 119 Å². The molecule has 0 atom stereocenters. The molecule has 260 valence electrons. The molecule has 3 nitrogen and oxygen atoms in total. The highest BCUT2D eigenvalue weighted by atomic mass is 31.2. The Kier molecular flexibility index (Phi) is 11.7. The molecule has 0 saturated heterocycles. The van der Waals surface area contributed by atoms with Crippen LogP contribution in [0, 0.1) is 0 Å². The van der Waals surface area contributed by atoms with E-state index < -0.39 is 93.9 Å². The van der Waals surface area contributed by atoms with E-state index in [0.29, 0.717) is 0 Å². The molecule has 0 rings (SSSR count). The van der Waals surface area contributed by atoms with Gasteiger partial charge in [-0.2, -0.15) is 87.8 Å². The molecular weight excluding hydrogens is 715 g/mol. The average molecular weight is 724 g/mol. The van der Waals surface area contributed by atoms with Gasteiger partial charge in [-0.3, -0.25) is 0 Å². The Hall–Kier alpha value is -1.37. The van der Waals surface area contributed by atoms with Crippen molar-refractivity contribution in [1.82, 2.24) is 0 Å². The molecule has 43 heavy (non-hydrogen) atoms. The normalized spacial score (nSPS) is 16.2. The van der Waals surface area contributed by atoms with Crippen LogP contribution in [0.5, 0.6) is 0 Å². The first-order chi connectivity index (χ1) is 18.5. The third-order valence-electron chi connectivity index (χ3n) is 4.73. The van der Waals surface area contributed by atoms with Crippen molar-refractivity contribution in [2.75, 3.05) is 20.3 Å². The molecule has 0 saturated carbocycles. The Bertz CT molecular complexity index is 863. The van der Waals surface area contributed by atoms with Gasteiger partial charge in [0.05, 0.1) is 0 Å². The van der Waals surface area contributed by atoms with Gasteiger partial charge < -0.3 is 13.6 Å². The van der Waals surface area contributed by atoms with Crippen LogP contribution >= 0.6 is 8.60 Å². The zero-order valence-corrected chi connectivity index (χ0v) is 20.2. The maximum Gasteiger partial charge on any atom is 0.384 e. The maximum atomic E-state index is 13.6. The summed E-state index contributed by atoms with van der Waals surface area (Å²) in [5.41, 5.74) is 0. The molecule has 0 radical (unpaired) electrons. The second-order valence-corrected chi connectivity index (χ2v) is 8.98. The molecule has 0 N–H and O–H groups in total. The van der Waals surface area contributed by atoms with Gasteiger partial charge in [0.1, 0.15) is 13.2 Å². The van der Waals surface area contributed by atoms with Crippen LogP contribution in [0.3, 0.4) is 0 Å². The topological polar surface area (TPSA) is 27.7 Å². The Morgan fingerprint density at radius 1 is 0.419 bits per heavy atom. The molecule has 0 amide bonds. The van der Waals surface area contributed by atoms with Gasteiger partial charge in [-0.25, -0.2) is 17.6 Å². The summed E-state index contributed by atoms with van der Waals surface area (Å²) in [6.07, 6.45) is -11.8. The van der Waals surface area contributed by atoms with E-state index >= 15 is 0 Å². The van der Waals surface area contributed by atoms with Gasteiger partial charge >= 0.3 is 80.7 Å².